The Kier molecular flexibility index (Phi) is 9.47. The molecular formula is C27H29F3N4O5. The van der Waals surface area contributed by atoms with Gasteiger partial charge in [0.05, 0.1) is 23.7 Å². The van der Waals surface area contributed by atoms with E-state index in [-0.39, 0.29) is 5.56 Å². The van der Waals surface area contributed by atoms with Crippen molar-refractivity contribution in [1.82, 2.24) is 14.1 Å². The van der Waals surface area contributed by atoms with Gasteiger partial charge in [-0.25, -0.2) is 14.6 Å². The highest BCUT2D eigenvalue weighted by atomic mass is 19.4. The smallest absolute Gasteiger partial charge is 0.475 e. The van der Waals surface area contributed by atoms with Gasteiger partial charge in [-0.15, -0.1) is 0 Å². The number of ether oxygens (including phenoxy) is 1. The molecule has 0 aliphatic carbocycles. The molecule has 0 atom stereocenters. The maximum Gasteiger partial charge on any atom is 0.490 e. The highest BCUT2D eigenvalue weighted by Crippen LogP contribution is 2.29. The van der Waals surface area contributed by atoms with Crippen LogP contribution in [-0.2, 0) is 22.6 Å². The lowest BCUT2D eigenvalue weighted by Gasteiger charge is -2.13. The van der Waals surface area contributed by atoms with Crippen LogP contribution in [0.15, 0.2) is 53.5 Å². The number of fused-ring (bicyclic) bond motifs is 2. The Bertz CT molecular complexity index is 1540. The predicted molar refractivity (Wildman–Crippen MR) is 141 cm³/mol. The van der Waals surface area contributed by atoms with Gasteiger partial charge in [0.15, 0.2) is 0 Å². The summed E-state index contributed by atoms with van der Waals surface area (Å²) >= 11 is 0. The SMILES string of the molecule is CCn1cc(-c2nc3ccc(C(=O)OC)cc3n(CCCCCN)c2=O)c2ccccc21.O=C(O)C(F)(F)F. The van der Waals surface area contributed by atoms with E-state index in [4.69, 9.17) is 25.4 Å². The number of carboxylic acid groups (broad SMARTS) is 1. The van der Waals surface area contributed by atoms with Crippen LogP contribution in [0, 0.1) is 0 Å². The van der Waals surface area contributed by atoms with E-state index < -0.39 is 18.1 Å². The molecule has 0 radical (unpaired) electrons. The Hall–Kier alpha value is -4.19. The van der Waals surface area contributed by atoms with E-state index in [0.29, 0.717) is 35.4 Å². The summed E-state index contributed by atoms with van der Waals surface area (Å²) in [7, 11) is 1.34. The monoisotopic (exact) mass is 546 g/mol. The van der Waals surface area contributed by atoms with Crippen LogP contribution in [0.3, 0.4) is 0 Å². The second-order valence-electron chi connectivity index (χ2n) is 8.61. The van der Waals surface area contributed by atoms with Crippen molar-refractivity contribution in [2.24, 2.45) is 5.73 Å². The lowest BCUT2D eigenvalue weighted by Crippen LogP contribution is -2.24. The zero-order valence-corrected chi connectivity index (χ0v) is 21.5. The van der Waals surface area contributed by atoms with Crippen LogP contribution in [0.5, 0.6) is 0 Å². The van der Waals surface area contributed by atoms with Crippen molar-refractivity contribution < 1.29 is 32.6 Å². The highest BCUT2D eigenvalue weighted by molar-refractivity contribution is 5.97. The van der Waals surface area contributed by atoms with Gasteiger partial charge in [-0.3, -0.25) is 4.79 Å². The van der Waals surface area contributed by atoms with Crippen LogP contribution in [0.4, 0.5) is 13.2 Å². The van der Waals surface area contributed by atoms with Gasteiger partial charge in [-0.05, 0) is 50.6 Å². The number of benzene rings is 2. The van der Waals surface area contributed by atoms with Crippen LogP contribution < -0.4 is 11.3 Å². The van der Waals surface area contributed by atoms with Crippen molar-refractivity contribution in [3.63, 3.8) is 0 Å². The van der Waals surface area contributed by atoms with E-state index >= 15 is 0 Å². The Morgan fingerprint density at radius 3 is 2.38 bits per heavy atom. The lowest BCUT2D eigenvalue weighted by molar-refractivity contribution is -0.192. The second kappa shape index (κ2) is 12.6. The Morgan fingerprint density at radius 1 is 1.08 bits per heavy atom. The number of rotatable bonds is 8. The minimum atomic E-state index is -5.08. The topological polar surface area (TPSA) is 129 Å². The third-order valence-corrected chi connectivity index (χ3v) is 6.08. The van der Waals surface area contributed by atoms with E-state index in [2.05, 4.69) is 17.6 Å². The number of nitrogens with zero attached hydrogens (tertiary/aromatic N) is 3. The number of halogens is 3. The fraction of sp³-hybridized carbons (Fsp3) is 0.333. The number of unbranched alkanes of at least 4 members (excludes halogenated alkanes) is 2. The molecule has 0 spiro atoms. The van der Waals surface area contributed by atoms with Gasteiger partial charge in [0, 0.05) is 35.8 Å². The number of hydrogen-bond acceptors (Lipinski definition) is 6. The molecule has 0 unspecified atom stereocenters. The van der Waals surface area contributed by atoms with Crippen molar-refractivity contribution >= 4 is 33.9 Å². The molecule has 3 N–H and O–H groups in total. The van der Waals surface area contributed by atoms with Crippen LogP contribution in [0.2, 0.25) is 0 Å². The Balaban J connectivity index is 0.000000532. The molecule has 2 aromatic carbocycles. The average Bonchev–Trinajstić information content (AvgIpc) is 3.29. The number of hydrogen-bond donors (Lipinski definition) is 2. The Morgan fingerprint density at radius 2 is 1.77 bits per heavy atom. The highest BCUT2D eigenvalue weighted by Gasteiger charge is 2.38. The van der Waals surface area contributed by atoms with Crippen LogP contribution >= 0.6 is 0 Å². The number of methoxy groups -OCH3 is 1. The predicted octanol–water partition coefficient (Wildman–Crippen LogP) is 4.59. The van der Waals surface area contributed by atoms with Crippen molar-refractivity contribution in [3.8, 4) is 11.3 Å². The number of carbonyl (C=O) groups is 2. The third-order valence-electron chi connectivity index (χ3n) is 6.08. The van der Waals surface area contributed by atoms with Gasteiger partial charge in [-0.2, -0.15) is 13.2 Å². The number of alkyl halides is 3. The number of aliphatic carboxylic acids is 1. The number of carbonyl (C=O) groups excluding carboxylic acids is 1. The van der Waals surface area contributed by atoms with E-state index in [0.717, 1.165) is 42.3 Å². The fourth-order valence-corrected chi connectivity index (χ4v) is 4.17. The molecule has 0 saturated carbocycles. The van der Waals surface area contributed by atoms with Crippen molar-refractivity contribution in [1.29, 1.82) is 0 Å². The van der Waals surface area contributed by atoms with Gasteiger partial charge >= 0.3 is 18.1 Å². The summed E-state index contributed by atoms with van der Waals surface area (Å²) < 4.78 is 40.5. The third kappa shape index (κ3) is 6.63. The molecule has 12 heteroatoms. The van der Waals surface area contributed by atoms with Gasteiger partial charge in [-0.1, -0.05) is 24.6 Å². The summed E-state index contributed by atoms with van der Waals surface area (Å²) in [5.74, 6) is -3.20. The van der Waals surface area contributed by atoms with Gasteiger partial charge in [0.25, 0.3) is 5.56 Å². The van der Waals surface area contributed by atoms with Crippen LogP contribution in [-0.4, -0.2) is 51.0 Å². The first-order valence-corrected chi connectivity index (χ1v) is 12.2. The zero-order chi connectivity index (χ0) is 28.7. The molecule has 0 aliphatic heterocycles. The van der Waals surface area contributed by atoms with Crippen molar-refractivity contribution in [2.45, 2.75) is 45.5 Å². The molecule has 0 saturated heterocycles. The zero-order valence-electron chi connectivity index (χ0n) is 21.5. The molecule has 0 aliphatic rings. The first-order valence-electron chi connectivity index (χ1n) is 12.2. The standard InChI is InChI=1S/C25H28N4O3.C2HF3O2/c1-3-28-16-19(18-9-5-6-10-21(18)28)23-24(30)29(14-8-4-7-13-26)22-15-17(25(31)32-2)11-12-20(22)27-23;3-2(4,5)1(6)7/h5-6,9-12,15-16H,3-4,7-8,13-14,26H2,1-2H3;(H,6,7). The molecule has 0 bridgehead atoms. The molecule has 0 amide bonds. The number of nitrogens with two attached hydrogens (primary N) is 1. The lowest BCUT2D eigenvalue weighted by atomic mass is 10.1. The normalized spacial score (nSPS) is 11.3. The minimum absolute atomic E-state index is 0.161. The van der Waals surface area contributed by atoms with Gasteiger partial charge < -0.3 is 24.7 Å². The molecule has 4 rings (SSSR count). The fourth-order valence-electron chi connectivity index (χ4n) is 4.17. The van der Waals surface area contributed by atoms with E-state index in [1.54, 1.807) is 22.8 Å². The maximum atomic E-state index is 13.7. The molecular weight excluding hydrogens is 517 g/mol. The number of aromatic nitrogens is 3. The number of para-hydroxylation sites is 1. The van der Waals surface area contributed by atoms with Crippen molar-refractivity contribution in [2.75, 3.05) is 13.7 Å². The minimum Gasteiger partial charge on any atom is -0.475 e. The first kappa shape index (κ1) is 29.4. The van der Waals surface area contributed by atoms with Gasteiger partial charge in [0.1, 0.15) is 5.69 Å². The van der Waals surface area contributed by atoms with E-state index in [1.807, 2.05) is 24.4 Å². The summed E-state index contributed by atoms with van der Waals surface area (Å²) in [6.45, 7) is 4.03. The Labute approximate surface area is 221 Å². The second-order valence-corrected chi connectivity index (χ2v) is 8.61. The van der Waals surface area contributed by atoms with E-state index in [9.17, 15) is 22.8 Å². The first-order chi connectivity index (χ1) is 18.5. The summed E-state index contributed by atoms with van der Waals surface area (Å²) in [6.07, 6.45) is -0.438. The number of esters is 1. The quantitative estimate of drug-likeness (QED) is 0.244. The number of aryl methyl sites for hydroxylation is 2. The molecule has 4 aromatic rings. The molecule has 0 fully saturated rings. The van der Waals surface area contributed by atoms with Crippen molar-refractivity contribution in [3.05, 3.63) is 64.6 Å². The van der Waals surface area contributed by atoms with Crippen LogP contribution in [0.1, 0.15) is 36.5 Å². The number of carboxylic acids is 1. The maximum absolute atomic E-state index is 13.7. The molecule has 208 valence electrons. The van der Waals surface area contributed by atoms with Crippen LogP contribution in [0.25, 0.3) is 33.2 Å². The molecule has 2 heterocycles. The summed E-state index contributed by atoms with van der Waals surface area (Å²) in [4.78, 5) is 39.4. The molecule has 2 aromatic heterocycles. The summed E-state index contributed by atoms with van der Waals surface area (Å²) in [6, 6.07) is 13.2. The van der Waals surface area contributed by atoms with Gasteiger partial charge in [0.2, 0.25) is 0 Å². The summed E-state index contributed by atoms with van der Waals surface area (Å²) in [5, 5.41) is 8.12. The average molecular weight is 547 g/mol. The largest absolute Gasteiger partial charge is 0.490 e. The van der Waals surface area contributed by atoms with E-state index in [1.165, 1.54) is 7.11 Å². The molecule has 39 heavy (non-hydrogen) atoms. The summed E-state index contributed by atoms with van der Waals surface area (Å²) in [5.41, 5.74) is 9.48. The molecule has 9 nitrogen and oxygen atoms in total.